The van der Waals surface area contributed by atoms with Crippen molar-refractivity contribution in [2.24, 2.45) is 0 Å². The van der Waals surface area contributed by atoms with Crippen molar-refractivity contribution in [3.8, 4) is 11.5 Å². The van der Waals surface area contributed by atoms with Crippen molar-refractivity contribution in [3.63, 3.8) is 0 Å². The van der Waals surface area contributed by atoms with Gasteiger partial charge >= 0.3 is 5.97 Å². The van der Waals surface area contributed by atoms with Gasteiger partial charge in [0.15, 0.2) is 5.78 Å². The molecule has 1 saturated heterocycles. The molecule has 0 spiro atoms. The van der Waals surface area contributed by atoms with Crippen LogP contribution in [-0.2, 0) is 4.79 Å². The normalized spacial score (nSPS) is 14.8. The van der Waals surface area contributed by atoms with Gasteiger partial charge in [-0.3, -0.25) is 9.59 Å². The third-order valence-corrected chi connectivity index (χ3v) is 5.70. The first-order valence-corrected chi connectivity index (χ1v) is 9.87. The summed E-state index contributed by atoms with van der Waals surface area (Å²) in [6, 6.07) is 13.3. The average Bonchev–Trinajstić information content (AvgIpc) is 3.01. The topological polar surface area (TPSA) is 98.1 Å². The molecule has 1 aliphatic rings. The van der Waals surface area contributed by atoms with Crippen molar-refractivity contribution in [2.75, 3.05) is 13.1 Å². The van der Waals surface area contributed by atoms with Gasteiger partial charge in [0.25, 0.3) is 0 Å². The smallest absolute Gasteiger partial charge is 0.323 e. The van der Waals surface area contributed by atoms with Gasteiger partial charge in [0.05, 0.1) is 6.54 Å². The number of thiocarbonyl (C=S) groups is 1. The third kappa shape index (κ3) is 6.62. The van der Waals surface area contributed by atoms with Gasteiger partial charge in [-0.25, -0.2) is 0 Å². The molecule has 0 unspecified atom stereocenters. The number of Topliss-reactive ketones (excluding diaryl/α,β-unsaturated/α-hetero) is 1. The standard InChI is InChI=1S/C13H13NO3S2.C8H8O2/c1-8(9-3-2-4-10(15)5-9)11-6-14(7-12(16)17)13(18)19-11;1-6(9)7-3-2-4-8(10)5-7/h2-5,15H,6-7H2,1H3,(H,16,17);2-5,10H,1H3/b11-8+;. The Hall–Kier alpha value is -2.84. The summed E-state index contributed by atoms with van der Waals surface area (Å²) in [5.74, 6) is -0.576. The number of thioether (sulfide) groups is 1. The minimum Gasteiger partial charge on any atom is -0.508 e. The first kappa shape index (κ1) is 22.4. The molecule has 6 nitrogen and oxygen atoms in total. The number of carboxylic acids is 1. The van der Waals surface area contributed by atoms with Crippen LogP contribution in [0.25, 0.3) is 5.57 Å². The highest BCUT2D eigenvalue weighted by molar-refractivity contribution is 8.25. The largest absolute Gasteiger partial charge is 0.508 e. The molecule has 0 aromatic heterocycles. The second-order valence-corrected chi connectivity index (χ2v) is 8.05. The fraction of sp³-hybridized carbons (Fsp3) is 0.190. The zero-order chi connectivity index (χ0) is 21.6. The Kier molecular flexibility index (Phi) is 7.81. The minimum atomic E-state index is -0.890. The molecule has 0 saturated carbocycles. The van der Waals surface area contributed by atoms with E-state index in [1.165, 1.54) is 30.8 Å². The SMILES string of the molecule is C/C(=C1/CN(CC(=O)O)C(=S)S1)c1cccc(O)c1.CC(=O)c1cccc(O)c1. The average molecular weight is 432 g/mol. The third-order valence-electron chi connectivity index (χ3n) is 4.08. The number of phenols is 2. The van der Waals surface area contributed by atoms with Crippen molar-refractivity contribution in [1.82, 2.24) is 4.90 Å². The number of carbonyl (C=O) groups is 2. The maximum Gasteiger partial charge on any atom is 0.323 e. The lowest BCUT2D eigenvalue weighted by atomic mass is 10.1. The van der Waals surface area contributed by atoms with Crippen molar-refractivity contribution in [2.45, 2.75) is 13.8 Å². The van der Waals surface area contributed by atoms with E-state index in [0.29, 0.717) is 16.4 Å². The summed E-state index contributed by atoms with van der Waals surface area (Å²) in [4.78, 5) is 24.1. The summed E-state index contributed by atoms with van der Waals surface area (Å²) >= 11 is 6.59. The lowest BCUT2D eigenvalue weighted by Gasteiger charge is -2.12. The molecule has 2 aromatic rings. The minimum absolute atomic E-state index is 0.0316. The first-order chi connectivity index (χ1) is 13.7. The van der Waals surface area contributed by atoms with Crippen LogP contribution in [0.1, 0.15) is 29.8 Å². The Morgan fingerprint density at radius 1 is 1.03 bits per heavy atom. The van der Waals surface area contributed by atoms with E-state index in [1.54, 1.807) is 35.2 Å². The van der Waals surface area contributed by atoms with Gasteiger partial charge in [0.1, 0.15) is 22.4 Å². The fourth-order valence-corrected chi connectivity index (χ4v) is 3.94. The van der Waals surface area contributed by atoms with Crippen LogP contribution in [0.4, 0.5) is 0 Å². The molecule has 29 heavy (non-hydrogen) atoms. The Balaban J connectivity index is 0.000000253. The van der Waals surface area contributed by atoms with Gasteiger partial charge in [-0.05, 0) is 49.2 Å². The zero-order valence-corrected chi connectivity index (χ0v) is 17.6. The fourth-order valence-electron chi connectivity index (χ4n) is 2.54. The maximum atomic E-state index is 10.7. The first-order valence-electron chi connectivity index (χ1n) is 8.65. The molecule has 0 amide bonds. The van der Waals surface area contributed by atoms with Gasteiger partial charge in [-0.2, -0.15) is 0 Å². The second-order valence-electron chi connectivity index (χ2n) is 6.32. The van der Waals surface area contributed by atoms with Gasteiger partial charge < -0.3 is 20.2 Å². The van der Waals surface area contributed by atoms with E-state index >= 15 is 0 Å². The van der Waals surface area contributed by atoms with E-state index in [-0.39, 0.29) is 23.8 Å². The van der Waals surface area contributed by atoms with Crippen LogP contribution in [0.2, 0.25) is 0 Å². The Labute approximate surface area is 178 Å². The van der Waals surface area contributed by atoms with Crippen molar-refractivity contribution < 1.29 is 24.9 Å². The molecule has 1 fully saturated rings. The highest BCUT2D eigenvalue weighted by atomic mass is 32.2. The van der Waals surface area contributed by atoms with Crippen molar-refractivity contribution in [1.29, 1.82) is 0 Å². The molecule has 8 heteroatoms. The van der Waals surface area contributed by atoms with Crippen LogP contribution >= 0.6 is 24.0 Å². The molecule has 152 valence electrons. The molecule has 1 aliphatic heterocycles. The number of ketones is 1. The molecule has 3 N–H and O–H groups in total. The number of phenolic OH excluding ortho intramolecular Hbond substituents is 2. The number of carboxylic acid groups (broad SMARTS) is 1. The number of rotatable bonds is 4. The van der Waals surface area contributed by atoms with Crippen LogP contribution in [-0.4, -0.2) is 49.4 Å². The molecule has 0 radical (unpaired) electrons. The van der Waals surface area contributed by atoms with Crippen LogP contribution in [0.3, 0.4) is 0 Å². The molecule has 0 aliphatic carbocycles. The quantitative estimate of drug-likeness (QED) is 0.491. The predicted molar refractivity (Wildman–Crippen MR) is 118 cm³/mol. The molecule has 0 atom stereocenters. The monoisotopic (exact) mass is 431 g/mol. The number of carbonyl (C=O) groups excluding carboxylic acids is 1. The highest BCUT2D eigenvalue weighted by Gasteiger charge is 2.25. The number of allylic oxidation sites excluding steroid dienone is 1. The zero-order valence-electron chi connectivity index (χ0n) is 16.0. The number of aliphatic carboxylic acids is 1. The molecular weight excluding hydrogens is 410 g/mol. The maximum absolute atomic E-state index is 10.7. The Morgan fingerprint density at radius 2 is 1.59 bits per heavy atom. The van der Waals surface area contributed by atoms with E-state index < -0.39 is 5.97 Å². The summed E-state index contributed by atoms with van der Waals surface area (Å²) in [7, 11) is 0. The van der Waals surface area contributed by atoms with E-state index in [0.717, 1.165) is 16.0 Å². The van der Waals surface area contributed by atoms with Crippen LogP contribution in [0, 0.1) is 0 Å². The van der Waals surface area contributed by atoms with E-state index in [4.69, 9.17) is 22.4 Å². The number of aromatic hydroxyl groups is 2. The molecule has 3 rings (SSSR count). The summed E-state index contributed by atoms with van der Waals surface area (Å²) in [6.45, 7) is 3.85. The van der Waals surface area contributed by atoms with Gasteiger partial charge in [-0.15, -0.1) is 0 Å². The molecule has 1 heterocycles. The second kappa shape index (κ2) is 10.1. The van der Waals surface area contributed by atoms with E-state index in [1.807, 2.05) is 13.0 Å². The summed E-state index contributed by atoms with van der Waals surface area (Å²) in [5, 5.41) is 27.2. The van der Waals surface area contributed by atoms with E-state index in [2.05, 4.69) is 0 Å². The molecule has 0 bridgehead atoms. The van der Waals surface area contributed by atoms with Gasteiger partial charge in [-0.1, -0.05) is 48.2 Å². The van der Waals surface area contributed by atoms with Gasteiger partial charge in [0.2, 0.25) is 0 Å². The summed E-state index contributed by atoms with van der Waals surface area (Å²) < 4.78 is 0.580. The summed E-state index contributed by atoms with van der Waals surface area (Å²) in [6.07, 6.45) is 0. The van der Waals surface area contributed by atoms with Crippen molar-refractivity contribution >= 4 is 45.6 Å². The predicted octanol–water partition coefficient (Wildman–Crippen LogP) is 4.14. The molecule has 2 aromatic carbocycles. The van der Waals surface area contributed by atoms with Crippen molar-refractivity contribution in [3.05, 3.63) is 64.6 Å². The van der Waals surface area contributed by atoms with Crippen LogP contribution in [0.5, 0.6) is 11.5 Å². The number of hydrogen-bond acceptors (Lipinski definition) is 6. The van der Waals surface area contributed by atoms with Gasteiger partial charge in [0, 0.05) is 10.5 Å². The summed E-state index contributed by atoms with van der Waals surface area (Å²) in [5.41, 5.74) is 2.47. The highest BCUT2D eigenvalue weighted by Crippen LogP contribution is 2.35. The Morgan fingerprint density at radius 3 is 2.07 bits per heavy atom. The number of benzene rings is 2. The lowest BCUT2D eigenvalue weighted by molar-refractivity contribution is -0.137. The van der Waals surface area contributed by atoms with Crippen LogP contribution in [0.15, 0.2) is 53.4 Å². The van der Waals surface area contributed by atoms with Crippen LogP contribution < -0.4 is 0 Å². The van der Waals surface area contributed by atoms with E-state index in [9.17, 15) is 14.7 Å². The molecular formula is C21H21NO5S2. The lowest BCUT2D eigenvalue weighted by Crippen LogP contribution is -2.29. The number of hydrogen-bond donors (Lipinski definition) is 3. The Bertz CT molecular complexity index is 971. The number of nitrogens with zero attached hydrogens (tertiary/aromatic N) is 1.